The van der Waals surface area contributed by atoms with Gasteiger partial charge in [0.25, 0.3) is 5.91 Å². The summed E-state index contributed by atoms with van der Waals surface area (Å²) in [5.41, 5.74) is 2.78. The lowest BCUT2D eigenvalue weighted by atomic mass is 10.2. The fraction of sp³-hybridized carbons (Fsp3) is 0.118. The average molecular weight is 337 g/mol. The molecule has 126 valence electrons. The Morgan fingerprint density at radius 1 is 1.08 bits per heavy atom. The summed E-state index contributed by atoms with van der Waals surface area (Å²) in [6.45, 7) is 1.60. The molecule has 25 heavy (non-hydrogen) atoms. The van der Waals surface area contributed by atoms with Crippen LogP contribution < -0.4 is 5.32 Å². The van der Waals surface area contributed by atoms with E-state index < -0.39 is 11.9 Å². The van der Waals surface area contributed by atoms with Crippen molar-refractivity contribution in [1.82, 2.24) is 20.2 Å². The van der Waals surface area contributed by atoms with Gasteiger partial charge in [-0.3, -0.25) is 4.79 Å². The topological polar surface area (TPSA) is 99.0 Å². The standard InChI is InChI=1S/C17H15N5O3/c1-12-2-6-14(7-3-12)19-16(23)10-25-17(24)13-4-8-15(9-5-13)22-11-18-20-21-22/h2-9,11H,10H2,1H3,(H,19,23). The Bertz CT molecular complexity index is 858. The van der Waals surface area contributed by atoms with E-state index in [2.05, 4.69) is 20.8 Å². The molecule has 0 unspecified atom stereocenters. The first-order valence-corrected chi connectivity index (χ1v) is 7.49. The molecule has 0 aliphatic heterocycles. The van der Waals surface area contributed by atoms with Crippen LogP contribution in [0.1, 0.15) is 15.9 Å². The number of carbonyl (C=O) groups excluding carboxylic acids is 2. The highest BCUT2D eigenvalue weighted by Gasteiger charge is 2.11. The van der Waals surface area contributed by atoms with Crippen molar-refractivity contribution in [3.05, 3.63) is 66.0 Å². The third-order valence-electron chi connectivity index (χ3n) is 3.39. The van der Waals surface area contributed by atoms with Crippen LogP contribution in [0.25, 0.3) is 5.69 Å². The highest BCUT2D eigenvalue weighted by atomic mass is 16.5. The van der Waals surface area contributed by atoms with Gasteiger partial charge >= 0.3 is 5.97 Å². The summed E-state index contributed by atoms with van der Waals surface area (Å²) >= 11 is 0. The Morgan fingerprint density at radius 3 is 2.44 bits per heavy atom. The van der Waals surface area contributed by atoms with Crippen molar-refractivity contribution < 1.29 is 14.3 Å². The first-order valence-electron chi connectivity index (χ1n) is 7.49. The van der Waals surface area contributed by atoms with Gasteiger partial charge in [0.15, 0.2) is 6.61 Å². The SMILES string of the molecule is Cc1ccc(NC(=O)COC(=O)c2ccc(-n3cnnn3)cc2)cc1. The van der Waals surface area contributed by atoms with E-state index in [9.17, 15) is 9.59 Å². The molecule has 0 aliphatic rings. The van der Waals surface area contributed by atoms with E-state index in [1.165, 1.54) is 11.0 Å². The zero-order valence-corrected chi connectivity index (χ0v) is 13.4. The predicted molar refractivity (Wildman–Crippen MR) is 89.2 cm³/mol. The first-order chi connectivity index (χ1) is 12.1. The van der Waals surface area contributed by atoms with Crippen molar-refractivity contribution in [2.24, 2.45) is 0 Å². The van der Waals surface area contributed by atoms with E-state index in [-0.39, 0.29) is 6.61 Å². The normalized spacial score (nSPS) is 10.3. The maximum atomic E-state index is 12.0. The number of esters is 1. The summed E-state index contributed by atoms with van der Waals surface area (Å²) < 4.78 is 6.48. The second-order valence-electron chi connectivity index (χ2n) is 5.29. The maximum Gasteiger partial charge on any atom is 0.338 e. The fourth-order valence-corrected chi connectivity index (χ4v) is 2.08. The molecule has 1 amide bonds. The molecule has 1 N–H and O–H groups in total. The van der Waals surface area contributed by atoms with Gasteiger partial charge in [0.2, 0.25) is 0 Å². The largest absolute Gasteiger partial charge is 0.452 e. The molecular formula is C17H15N5O3. The zero-order chi connectivity index (χ0) is 17.6. The van der Waals surface area contributed by atoms with Crippen molar-refractivity contribution >= 4 is 17.6 Å². The van der Waals surface area contributed by atoms with Gasteiger partial charge in [-0.1, -0.05) is 17.7 Å². The molecule has 1 heterocycles. The van der Waals surface area contributed by atoms with Gasteiger partial charge in [0.05, 0.1) is 11.3 Å². The van der Waals surface area contributed by atoms with Crippen molar-refractivity contribution in [3.63, 3.8) is 0 Å². The van der Waals surface area contributed by atoms with Gasteiger partial charge in [0, 0.05) is 5.69 Å². The summed E-state index contributed by atoms with van der Waals surface area (Å²) in [5, 5.41) is 13.5. The molecule has 3 rings (SSSR count). The highest BCUT2D eigenvalue weighted by Crippen LogP contribution is 2.10. The summed E-state index contributed by atoms with van der Waals surface area (Å²) in [5.74, 6) is -0.982. The van der Waals surface area contributed by atoms with Gasteiger partial charge in [-0.05, 0) is 53.7 Å². The van der Waals surface area contributed by atoms with Crippen molar-refractivity contribution in [1.29, 1.82) is 0 Å². The van der Waals surface area contributed by atoms with Gasteiger partial charge in [-0.25, -0.2) is 9.48 Å². The number of anilines is 1. The molecule has 0 aliphatic carbocycles. The molecular weight excluding hydrogens is 322 g/mol. The van der Waals surface area contributed by atoms with E-state index in [1.54, 1.807) is 36.4 Å². The number of carbonyl (C=O) groups is 2. The highest BCUT2D eigenvalue weighted by molar-refractivity contribution is 5.95. The van der Waals surface area contributed by atoms with Crippen LogP contribution >= 0.6 is 0 Å². The molecule has 0 radical (unpaired) electrons. The van der Waals surface area contributed by atoms with Crippen LogP contribution in [-0.2, 0) is 9.53 Å². The number of nitrogens with one attached hydrogen (secondary N) is 1. The summed E-state index contributed by atoms with van der Waals surface area (Å²) in [6, 6.07) is 13.9. The number of hydrogen-bond donors (Lipinski definition) is 1. The van der Waals surface area contributed by atoms with Crippen LogP contribution in [0.4, 0.5) is 5.69 Å². The molecule has 0 fully saturated rings. The number of nitrogens with zero attached hydrogens (tertiary/aromatic N) is 4. The fourth-order valence-electron chi connectivity index (χ4n) is 2.08. The van der Waals surface area contributed by atoms with Crippen LogP contribution in [0.3, 0.4) is 0 Å². The molecule has 8 nitrogen and oxygen atoms in total. The minimum Gasteiger partial charge on any atom is -0.452 e. The quantitative estimate of drug-likeness (QED) is 0.712. The Hall–Kier alpha value is -3.55. The Balaban J connectivity index is 1.53. The first kappa shape index (κ1) is 16.3. The Morgan fingerprint density at radius 2 is 1.80 bits per heavy atom. The number of ether oxygens (including phenoxy) is 1. The molecule has 1 aromatic heterocycles. The zero-order valence-electron chi connectivity index (χ0n) is 13.4. The van der Waals surface area contributed by atoms with E-state index in [4.69, 9.17) is 4.74 Å². The maximum absolute atomic E-state index is 12.0. The van der Waals surface area contributed by atoms with Crippen molar-refractivity contribution in [3.8, 4) is 5.69 Å². The van der Waals surface area contributed by atoms with Crippen LogP contribution in [-0.4, -0.2) is 38.7 Å². The minimum absolute atomic E-state index is 0.333. The lowest BCUT2D eigenvalue weighted by molar-refractivity contribution is -0.119. The number of aryl methyl sites for hydroxylation is 1. The lowest BCUT2D eigenvalue weighted by Gasteiger charge is -2.07. The molecule has 8 heteroatoms. The van der Waals surface area contributed by atoms with Crippen LogP contribution in [0.2, 0.25) is 0 Å². The van der Waals surface area contributed by atoms with Crippen molar-refractivity contribution in [2.75, 3.05) is 11.9 Å². The van der Waals surface area contributed by atoms with Gasteiger partial charge < -0.3 is 10.1 Å². The molecule has 0 saturated carbocycles. The Kier molecular flexibility index (Phi) is 4.79. The summed E-state index contributed by atoms with van der Waals surface area (Å²) in [4.78, 5) is 23.8. The predicted octanol–water partition coefficient (Wildman–Crippen LogP) is 1.77. The van der Waals surface area contributed by atoms with Crippen LogP contribution in [0, 0.1) is 6.92 Å². The number of tetrazole rings is 1. The third-order valence-corrected chi connectivity index (χ3v) is 3.39. The van der Waals surface area contributed by atoms with Gasteiger partial charge in [-0.15, -0.1) is 5.10 Å². The number of rotatable bonds is 5. The summed E-state index contributed by atoms with van der Waals surface area (Å²) in [7, 11) is 0. The van der Waals surface area contributed by atoms with E-state index in [0.717, 1.165) is 5.56 Å². The van der Waals surface area contributed by atoms with Crippen molar-refractivity contribution in [2.45, 2.75) is 6.92 Å². The van der Waals surface area contributed by atoms with E-state index in [1.807, 2.05) is 19.1 Å². The minimum atomic E-state index is -0.581. The molecule has 2 aromatic carbocycles. The summed E-state index contributed by atoms with van der Waals surface area (Å²) in [6.07, 6.45) is 1.45. The van der Waals surface area contributed by atoms with Gasteiger partial charge in [0.1, 0.15) is 6.33 Å². The molecule has 0 atom stereocenters. The van der Waals surface area contributed by atoms with E-state index in [0.29, 0.717) is 16.9 Å². The smallest absolute Gasteiger partial charge is 0.338 e. The number of aromatic nitrogens is 4. The molecule has 3 aromatic rings. The number of hydrogen-bond acceptors (Lipinski definition) is 6. The molecule has 0 saturated heterocycles. The average Bonchev–Trinajstić information content (AvgIpc) is 3.16. The van der Waals surface area contributed by atoms with Crippen LogP contribution in [0.5, 0.6) is 0 Å². The second-order valence-corrected chi connectivity index (χ2v) is 5.29. The van der Waals surface area contributed by atoms with Crippen LogP contribution in [0.15, 0.2) is 54.9 Å². The van der Waals surface area contributed by atoms with Gasteiger partial charge in [-0.2, -0.15) is 0 Å². The second kappa shape index (κ2) is 7.35. The van der Waals surface area contributed by atoms with E-state index >= 15 is 0 Å². The number of benzene rings is 2. The molecule has 0 bridgehead atoms. The lowest BCUT2D eigenvalue weighted by Crippen LogP contribution is -2.20. The molecule has 0 spiro atoms. The Labute approximate surface area is 143 Å². The third kappa shape index (κ3) is 4.25. The number of amides is 1. The monoisotopic (exact) mass is 337 g/mol.